The van der Waals surface area contributed by atoms with E-state index in [0.29, 0.717) is 12.0 Å². The van der Waals surface area contributed by atoms with Gasteiger partial charge in [-0.2, -0.15) is 0 Å². The van der Waals surface area contributed by atoms with Crippen molar-refractivity contribution in [2.24, 2.45) is 22.5 Å². The molecule has 0 spiro atoms. The lowest BCUT2D eigenvalue weighted by Gasteiger charge is -2.53. The Morgan fingerprint density at radius 2 is 1.97 bits per heavy atom. The molecule has 0 radical (unpaired) electrons. The number of Topliss-reactive ketones (excluding diaryl/α,β-unsaturated/α-hetero) is 2. The van der Waals surface area contributed by atoms with Crippen LogP contribution in [0.1, 0.15) is 40.0 Å². The van der Waals surface area contributed by atoms with E-state index in [1.807, 2.05) is 0 Å². The average molecular weight is 503 g/mol. The van der Waals surface area contributed by atoms with E-state index in [2.05, 4.69) is 5.32 Å². The third-order valence-corrected chi connectivity index (χ3v) is 7.94. The summed E-state index contributed by atoms with van der Waals surface area (Å²) in [5.41, 5.74) is 3.30. The van der Waals surface area contributed by atoms with Crippen molar-refractivity contribution < 1.29 is 43.3 Å². The van der Waals surface area contributed by atoms with Gasteiger partial charge >= 0.3 is 11.9 Å². The zero-order chi connectivity index (χ0) is 26.6. The molecule has 0 aromatic heterocycles. The molecule has 1 amide bonds. The van der Waals surface area contributed by atoms with Crippen LogP contribution in [0.15, 0.2) is 34.3 Å². The van der Waals surface area contributed by atoms with Crippen LogP contribution in [0.25, 0.3) is 0 Å². The minimum absolute atomic E-state index is 0.0217. The number of nitrogens with two attached hydrogens (primary N) is 1. The fraction of sp³-hybridized carbons (Fsp3) is 0.560. The maximum Gasteiger partial charge on any atom is 0.340 e. The van der Waals surface area contributed by atoms with Gasteiger partial charge in [0.1, 0.15) is 18.0 Å². The highest BCUT2D eigenvalue weighted by atomic mass is 16.6. The molecule has 194 valence electrons. The molecule has 1 saturated heterocycles. The molecule has 0 aromatic rings. The van der Waals surface area contributed by atoms with Gasteiger partial charge in [0.05, 0.1) is 24.1 Å². The highest BCUT2D eigenvalue weighted by Crippen LogP contribution is 2.62. The van der Waals surface area contributed by atoms with Crippen LogP contribution in [0, 0.1) is 16.7 Å². The van der Waals surface area contributed by atoms with Gasteiger partial charge in [0, 0.05) is 55.6 Å². The molecule has 0 unspecified atom stereocenters. The number of cyclic esters (lactones) is 1. The lowest BCUT2D eigenvalue weighted by Crippen LogP contribution is -2.57. The van der Waals surface area contributed by atoms with E-state index in [4.69, 9.17) is 19.9 Å². The van der Waals surface area contributed by atoms with Gasteiger partial charge in [-0.3, -0.25) is 19.2 Å². The Kier molecular flexibility index (Phi) is 6.32. The summed E-state index contributed by atoms with van der Waals surface area (Å²) in [6, 6.07) is 0. The number of esters is 2. The van der Waals surface area contributed by atoms with Crippen molar-refractivity contribution in [1.29, 1.82) is 0 Å². The van der Waals surface area contributed by atoms with Crippen molar-refractivity contribution in [2.45, 2.75) is 52.2 Å². The van der Waals surface area contributed by atoms with Gasteiger partial charge in [-0.1, -0.05) is 6.92 Å². The Morgan fingerprint density at radius 3 is 2.58 bits per heavy atom. The van der Waals surface area contributed by atoms with Crippen LogP contribution in [-0.4, -0.2) is 67.0 Å². The number of aliphatic hydroxyl groups excluding tert-OH is 1. The van der Waals surface area contributed by atoms with Gasteiger partial charge in [-0.25, -0.2) is 4.79 Å². The van der Waals surface area contributed by atoms with Crippen molar-refractivity contribution in [1.82, 2.24) is 5.32 Å². The van der Waals surface area contributed by atoms with E-state index in [9.17, 15) is 29.1 Å². The van der Waals surface area contributed by atoms with Crippen molar-refractivity contribution in [2.75, 3.05) is 20.3 Å². The number of fused-ring (bicyclic) bond motifs is 4. The number of rotatable bonds is 6. The average Bonchev–Trinajstić information content (AvgIpc) is 3.08. The van der Waals surface area contributed by atoms with E-state index in [-0.39, 0.29) is 48.5 Å². The van der Waals surface area contributed by atoms with E-state index in [0.717, 1.165) is 0 Å². The van der Waals surface area contributed by atoms with Crippen LogP contribution in [0.3, 0.4) is 0 Å². The Balaban J connectivity index is 1.99. The van der Waals surface area contributed by atoms with Crippen LogP contribution in [0.2, 0.25) is 0 Å². The SMILES string of the molecule is COC[C@H]1OC(=O)/C(=C\NCC(N)=O)C2=C(O)C(=O)C3=C([C@H](OC(C)=O)C[C@]4(C)C(=O)CC[C@@H]34)[C@]21C. The highest BCUT2D eigenvalue weighted by molar-refractivity contribution is 6.14. The standard InChI is InChI=1S/C25H30N2O9/c1-11(28)35-14-7-24(2)13(5-6-15(24)29)18-20(14)25(3)16(10-34-4)36-23(33)12(8-27-9-17(26)30)19(25)22(32)21(18)31/h8,13-14,16,27,32H,5-7,9-10H2,1-4H3,(H2,26,30)/b12-8-/t13-,14+,16+,24-,25-/m0/s1. The molecule has 1 saturated carbocycles. The first kappa shape index (κ1) is 25.6. The van der Waals surface area contributed by atoms with E-state index in [1.54, 1.807) is 13.8 Å². The van der Waals surface area contributed by atoms with Crippen LogP contribution in [0.5, 0.6) is 0 Å². The van der Waals surface area contributed by atoms with Crippen molar-refractivity contribution in [3.63, 3.8) is 0 Å². The number of nitrogens with one attached hydrogen (secondary N) is 1. The first-order chi connectivity index (χ1) is 16.9. The molecule has 3 aliphatic carbocycles. The van der Waals surface area contributed by atoms with Crippen LogP contribution in [-0.2, 0) is 38.2 Å². The van der Waals surface area contributed by atoms with Crippen LogP contribution < -0.4 is 11.1 Å². The van der Waals surface area contributed by atoms with Crippen molar-refractivity contribution in [3.05, 3.63) is 34.3 Å². The smallest absolute Gasteiger partial charge is 0.340 e. The number of aliphatic hydroxyl groups is 1. The molecule has 1 heterocycles. The molecule has 0 bridgehead atoms. The Morgan fingerprint density at radius 1 is 1.28 bits per heavy atom. The van der Waals surface area contributed by atoms with Crippen molar-refractivity contribution >= 4 is 29.4 Å². The maximum absolute atomic E-state index is 13.8. The number of methoxy groups -OCH3 is 1. The molecule has 0 aromatic carbocycles. The second kappa shape index (κ2) is 8.88. The molecule has 4 N–H and O–H groups in total. The van der Waals surface area contributed by atoms with Crippen LogP contribution in [0.4, 0.5) is 0 Å². The lowest BCUT2D eigenvalue weighted by molar-refractivity contribution is -0.160. The van der Waals surface area contributed by atoms with E-state index >= 15 is 0 Å². The minimum Gasteiger partial charge on any atom is -0.504 e. The Labute approximate surface area is 207 Å². The number of ketones is 2. The zero-order valence-electron chi connectivity index (χ0n) is 20.6. The van der Waals surface area contributed by atoms with Gasteiger partial charge in [0.2, 0.25) is 11.7 Å². The number of carbonyl (C=O) groups excluding carboxylic acids is 5. The maximum atomic E-state index is 13.8. The van der Waals surface area contributed by atoms with Crippen molar-refractivity contribution in [3.8, 4) is 0 Å². The molecule has 5 atom stereocenters. The van der Waals surface area contributed by atoms with E-state index < -0.39 is 58.3 Å². The summed E-state index contributed by atoms with van der Waals surface area (Å²) in [5.74, 6) is -4.06. The number of hydrogen-bond donors (Lipinski definition) is 3. The first-order valence-corrected chi connectivity index (χ1v) is 11.7. The monoisotopic (exact) mass is 502 g/mol. The minimum atomic E-state index is -1.34. The Hall–Kier alpha value is -3.47. The third kappa shape index (κ3) is 3.64. The lowest BCUT2D eigenvalue weighted by atomic mass is 9.53. The van der Waals surface area contributed by atoms with Gasteiger partial charge in [-0.15, -0.1) is 0 Å². The van der Waals surface area contributed by atoms with Gasteiger partial charge < -0.3 is 30.4 Å². The number of ether oxygens (including phenoxy) is 3. The van der Waals surface area contributed by atoms with Gasteiger partial charge in [0.25, 0.3) is 0 Å². The summed E-state index contributed by atoms with van der Waals surface area (Å²) < 4.78 is 16.8. The molecule has 2 fully saturated rings. The summed E-state index contributed by atoms with van der Waals surface area (Å²) in [7, 11) is 1.42. The normalized spacial score (nSPS) is 34.7. The summed E-state index contributed by atoms with van der Waals surface area (Å²) >= 11 is 0. The molecule has 11 heteroatoms. The highest BCUT2D eigenvalue weighted by Gasteiger charge is 2.64. The summed E-state index contributed by atoms with van der Waals surface area (Å²) in [6.45, 7) is 4.29. The number of hydrogen-bond acceptors (Lipinski definition) is 10. The molecule has 4 rings (SSSR count). The predicted molar refractivity (Wildman–Crippen MR) is 123 cm³/mol. The van der Waals surface area contributed by atoms with Gasteiger partial charge in [0.15, 0.2) is 5.76 Å². The number of allylic oxidation sites excluding steroid dienone is 1. The molecule has 36 heavy (non-hydrogen) atoms. The van der Waals surface area contributed by atoms with Crippen LogP contribution >= 0.6 is 0 Å². The predicted octanol–water partition coefficient (Wildman–Crippen LogP) is 0.536. The topological polar surface area (TPSA) is 171 Å². The molecular formula is C25H30N2O9. The zero-order valence-corrected chi connectivity index (χ0v) is 20.6. The quantitative estimate of drug-likeness (QED) is 0.344. The molecule has 4 aliphatic rings. The van der Waals surface area contributed by atoms with Gasteiger partial charge in [-0.05, 0) is 18.9 Å². The number of amides is 1. The Bertz CT molecular complexity index is 1170. The molecule has 11 nitrogen and oxygen atoms in total. The summed E-state index contributed by atoms with van der Waals surface area (Å²) in [5, 5.41) is 13.9. The second-order valence-electron chi connectivity index (χ2n) is 10.1. The fourth-order valence-corrected chi connectivity index (χ4v) is 6.35. The van der Waals surface area contributed by atoms with E-state index in [1.165, 1.54) is 20.2 Å². The first-order valence-electron chi connectivity index (χ1n) is 11.7. The molecular weight excluding hydrogens is 472 g/mol. The summed E-state index contributed by atoms with van der Waals surface area (Å²) in [4.78, 5) is 63.0. The second-order valence-corrected chi connectivity index (χ2v) is 10.1. The largest absolute Gasteiger partial charge is 0.504 e. The molecule has 1 aliphatic heterocycles. The third-order valence-electron chi connectivity index (χ3n) is 7.94. The summed E-state index contributed by atoms with van der Waals surface area (Å²) in [6.07, 6.45) is 0.0181. The number of carbonyl (C=O) groups is 5. The number of primary amides is 1. The fourth-order valence-electron chi connectivity index (χ4n) is 6.35.